The summed E-state index contributed by atoms with van der Waals surface area (Å²) in [5, 5.41) is 23.8. The van der Waals surface area contributed by atoms with E-state index in [1.807, 2.05) is 0 Å². The van der Waals surface area contributed by atoms with Crippen LogP contribution in [0.2, 0.25) is 5.02 Å². The molecule has 7 heteroatoms. The van der Waals surface area contributed by atoms with E-state index in [1.165, 1.54) is 0 Å². The van der Waals surface area contributed by atoms with Crippen LogP contribution in [0.3, 0.4) is 0 Å². The second-order valence-electron chi connectivity index (χ2n) is 4.13. The summed E-state index contributed by atoms with van der Waals surface area (Å²) in [5.74, 6) is -0.277. The van der Waals surface area contributed by atoms with E-state index in [2.05, 4.69) is 15.8 Å². The first-order chi connectivity index (χ1) is 9.47. The second kappa shape index (κ2) is 7.13. The van der Waals surface area contributed by atoms with Crippen LogP contribution >= 0.6 is 11.6 Å². The Morgan fingerprint density at radius 3 is 2.55 bits per heavy atom. The molecule has 0 aliphatic heterocycles. The minimum Gasteiger partial charge on any atom is -0.326 e. The van der Waals surface area contributed by atoms with Crippen LogP contribution < -0.4 is 10.7 Å². The predicted molar refractivity (Wildman–Crippen MR) is 77.2 cm³/mol. The molecule has 1 aromatic rings. The topological polar surface area (TPSA) is 101 Å². The van der Waals surface area contributed by atoms with Gasteiger partial charge in [0.2, 0.25) is 11.6 Å². The molecule has 1 aromatic carbocycles. The molecule has 0 saturated heterocycles. The third-order valence-corrected chi connectivity index (χ3v) is 2.59. The summed E-state index contributed by atoms with van der Waals surface area (Å²) >= 11 is 5.95. The van der Waals surface area contributed by atoms with Crippen molar-refractivity contribution in [3.8, 4) is 12.1 Å². The molecule has 0 fully saturated rings. The van der Waals surface area contributed by atoms with Crippen LogP contribution in [-0.2, 0) is 4.79 Å². The van der Waals surface area contributed by atoms with Crippen molar-refractivity contribution in [1.82, 2.24) is 0 Å². The summed E-state index contributed by atoms with van der Waals surface area (Å²) in [6.07, 6.45) is 0. The Kier molecular flexibility index (Phi) is 5.52. The van der Waals surface area contributed by atoms with Gasteiger partial charge in [-0.1, -0.05) is 25.4 Å². The fraction of sp³-hybridized carbons (Fsp3) is 0.231. The molecule has 0 aliphatic rings. The molecule has 1 amide bonds. The molecule has 0 aliphatic carbocycles. The van der Waals surface area contributed by atoms with Gasteiger partial charge in [0, 0.05) is 11.6 Å². The van der Waals surface area contributed by atoms with Gasteiger partial charge >= 0.3 is 0 Å². The normalized spacial score (nSPS) is 9.30. The van der Waals surface area contributed by atoms with Gasteiger partial charge in [0.1, 0.15) is 12.1 Å². The number of nitrogens with one attached hydrogen (secondary N) is 2. The highest BCUT2D eigenvalue weighted by atomic mass is 35.5. The molecule has 1 rings (SSSR count). The molecule has 0 aromatic heterocycles. The van der Waals surface area contributed by atoms with E-state index in [0.29, 0.717) is 16.4 Å². The van der Waals surface area contributed by atoms with Gasteiger partial charge in [-0.2, -0.15) is 15.6 Å². The Labute approximate surface area is 121 Å². The van der Waals surface area contributed by atoms with Crippen molar-refractivity contribution in [3.05, 3.63) is 23.2 Å². The first kappa shape index (κ1) is 15.5. The van der Waals surface area contributed by atoms with Crippen molar-refractivity contribution in [3.63, 3.8) is 0 Å². The van der Waals surface area contributed by atoms with Crippen molar-refractivity contribution in [2.75, 3.05) is 10.7 Å². The summed E-state index contributed by atoms with van der Waals surface area (Å²) in [6, 6.07) is 8.02. The lowest BCUT2D eigenvalue weighted by Crippen LogP contribution is -2.17. The number of rotatable bonds is 4. The zero-order valence-electron chi connectivity index (χ0n) is 10.9. The number of hydrogen-bond acceptors (Lipinski definition) is 5. The van der Waals surface area contributed by atoms with Gasteiger partial charge in [-0.3, -0.25) is 10.2 Å². The number of hydrogen-bond donors (Lipinski definition) is 2. The maximum atomic E-state index is 11.6. The number of carbonyl (C=O) groups is 1. The van der Waals surface area contributed by atoms with Gasteiger partial charge in [0.25, 0.3) is 0 Å². The van der Waals surface area contributed by atoms with Crippen LogP contribution in [0.25, 0.3) is 0 Å². The van der Waals surface area contributed by atoms with E-state index >= 15 is 0 Å². The maximum Gasteiger partial charge on any atom is 0.237 e. The van der Waals surface area contributed by atoms with Crippen LogP contribution in [0.5, 0.6) is 0 Å². The minimum absolute atomic E-state index is 0.128. The van der Waals surface area contributed by atoms with E-state index in [-0.39, 0.29) is 17.5 Å². The van der Waals surface area contributed by atoms with Gasteiger partial charge in [-0.25, -0.2) is 0 Å². The molecule has 0 saturated carbocycles. The van der Waals surface area contributed by atoms with Crippen LogP contribution in [0.4, 0.5) is 11.4 Å². The molecular weight excluding hydrogens is 278 g/mol. The van der Waals surface area contributed by atoms with Gasteiger partial charge in [0.15, 0.2) is 0 Å². The van der Waals surface area contributed by atoms with Crippen molar-refractivity contribution < 1.29 is 4.79 Å². The molecule has 0 heterocycles. The molecule has 0 unspecified atom stereocenters. The van der Waals surface area contributed by atoms with E-state index < -0.39 is 0 Å². The number of anilines is 2. The largest absolute Gasteiger partial charge is 0.326 e. The molecule has 0 bridgehead atoms. The standard InChI is InChI=1S/C13H12ClN5O/c1-8(2)13(20)17-9-3-4-11(14)12(5-9)19-18-10(6-15)7-16/h3-5,8,19H,1-2H3,(H,17,20). The van der Waals surface area contributed by atoms with E-state index in [1.54, 1.807) is 44.2 Å². The average Bonchev–Trinajstić information content (AvgIpc) is 2.43. The molecule has 0 atom stereocenters. The van der Waals surface area contributed by atoms with Gasteiger partial charge in [-0.05, 0) is 18.2 Å². The van der Waals surface area contributed by atoms with Crippen molar-refractivity contribution in [2.45, 2.75) is 13.8 Å². The van der Waals surface area contributed by atoms with Crippen LogP contribution in [0.15, 0.2) is 23.3 Å². The second-order valence-corrected chi connectivity index (χ2v) is 4.54. The third kappa shape index (κ3) is 4.27. The van der Waals surface area contributed by atoms with Gasteiger partial charge < -0.3 is 5.32 Å². The van der Waals surface area contributed by atoms with Crippen molar-refractivity contribution in [2.24, 2.45) is 11.0 Å². The molecule has 0 spiro atoms. The number of nitriles is 2. The Bertz CT molecular complexity index is 609. The Morgan fingerprint density at radius 2 is 2.00 bits per heavy atom. The number of hydrazone groups is 1. The lowest BCUT2D eigenvalue weighted by molar-refractivity contribution is -0.118. The average molecular weight is 290 g/mol. The quantitative estimate of drug-likeness (QED) is 0.657. The van der Waals surface area contributed by atoms with Crippen LogP contribution in [-0.4, -0.2) is 11.6 Å². The summed E-state index contributed by atoms with van der Waals surface area (Å²) < 4.78 is 0. The third-order valence-electron chi connectivity index (χ3n) is 2.26. The Morgan fingerprint density at radius 1 is 1.35 bits per heavy atom. The van der Waals surface area contributed by atoms with Crippen LogP contribution in [0.1, 0.15) is 13.8 Å². The zero-order valence-corrected chi connectivity index (χ0v) is 11.7. The Balaban J connectivity index is 2.93. The van der Waals surface area contributed by atoms with Crippen LogP contribution in [0, 0.1) is 28.6 Å². The molecule has 6 nitrogen and oxygen atoms in total. The van der Waals surface area contributed by atoms with Crippen molar-refractivity contribution >= 4 is 34.6 Å². The summed E-state index contributed by atoms with van der Waals surface area (Å²) in [4.78, 5) is 11.6. The number of halogens is 1. The highest BCUT2D eigenvalue weighted by Crippen LogP contribution is 2.25. The highest BCUT2D eigenvalue weighted by molar-refractivity contribution is 6.33. The zero-order chi connectivity index (χ0) is 15.1. The van der Waals surface area contributed by atoms with E-state index in [9.17, 15) is 4.79 Å². The summed E-state index contributed by atoms with van der Waals surface area (Å²) in [5.41, 5.74) is 3.12. The highest BCUT2D eigenvalue weighted by Gasteiger charge is 2.08. The number of nitrogens with zero attached hydrogens (tertiary/aromatic N) is 3. The molecule has 2 N–H and O–H groups in total. The number of benzene rings is 1. The van der Waals surface area contributed by atoms with Gasteiger partial charge in [0.05, 0.1) is 10.7 Å². The lowest BCUT2D eigenvalue weighted by Gasteiger charge is -2.10. The fourth-order valence-corrected chi connectivity index (χ4v) is 1.33. The first-order valence-corrected chi connectivity index (χ1v) is 6.10. The van der Waals surface area contributed by atoms with Gasteiger partial charge in [-0.15, -0.1) is 0 Å². The number of carbonyl (C=O) groups excluding carboxylic acids is 1. The minimum atomic E-state index is -0.322. The Hall–Kier alpha value is -2.57. The molecule has 20 heavy (non-hydrogen) atoms. The molecule has 102 valence electrons. The maximum absolute atomic E-state index is 11.6. The summed E-state index contributed by atoms with van der Waals surface area (Å²) in [7, 11) is 0. The van der Waals surface area contributed by atoms with E-state index in [0.717, 1.165) is 0 Å². The van der Waals surface area contributed by atoms with E-state index in [4.69, 9.17) is 22.1 Å². The first-order valence-electron chi connectivity index (χ1n) is 5.72. The monoisotopic (exact) mass is 289 g/mol. The summed E-state index contributed by atoms with van der Waals surface area (Å²) in [6.45, 7) is 3.56. The molecular formula is C13H12ClN5O. The smallest absolute Gasteiger partial charge is 0.237 e. The predicted octanol–water partition coefficient (Wildman–Crippen LogP) is 2.75. The fourth-order valence-electron chi connectivity index (χ4n) is 1.17. The lowest BCUT2D eigenvalue weighted by atomic mass is 10.2. The van der Waals surface area contributed by atoms with Crippen molar-refractivity contribution in [1.29, 1.82) is 10.5 Å². The SMILES string of the molecule is CC(C)C(=O)Nc1ccc(Cl)c(NN=C(C#N)C#N)c1. The molecule has 0 radical (unpaired) electrons. The number of amides is 1.